The number of nitrogens with zero attached hydrogens (tertiary/aromatic N) is 3. The van der Waals surface area contributed by atoms with Gasteiger partial charge in [-0.3, -0.25) is 14.5 Å². The minimum atomic E-state index is -0.919. The molecule has 0 radical (unpaired) electrons. The molecule has 1 N–H and O–H groups in total. The van der Waals surface area contributed by atoms with E-state index >= 15 is 0 Å². The summed E-state index contributed by atoms with van der Waals surface area (Å²) in [4.78, 5) is 29.8. The molecule has 9 heteroatoms. The van der Waals surface area contributed by atoms with Crippen molar-refractivity contribution in [1.29, 1.82) is 5.26 Å². The van der Waals surface area contributed by atoms with E-state index < -0.39 is 23.4 Å². The molecule has 6 nitrogen and oxygen atoms in total. The van der Waals surface area contributed by atoms with E-state index in [4.69, 9.17) is 0 Å². The number of carbonyl (C=O) groups is 2. The average molecular weight is 438 g/mol. The number of nitrogens with one attached hydrogen (secondary N) is 1. The Labute approximate surface area is 181 Å². The number of hydrogen-bond donors (Lipinski definition) is 1. The fourth-order valence-corrected chi connectivity index (χ4v) is 3.57. The van der Waals surface area contributed by atoms with Crippen molar-refractivity contribution in [3.8, 4) is 6.07 Å². The van der Waals surface area contributed by atoms with Crippen LogP contribution in [0.5, 0.6) is 0 Å². The molecule has 0 fully saturated rings. The van der Waals surface area contributed by atoms with Gasteiger partial charge >= 0.3 is 0 Å². The third-order valence-corrected chi connectivity index (χ3v) is 4.94. The third kappa shape index (κ3) is 5.18. The quantitative estimate of drug-likeness (QED) is 0.451. The highest BCUT2D eigenvalue weighted by atomic mass is 32.1. The molecule has 0 unspecified atom stereocenters. The van der Waals surface area contributed by atoms with Gasteiger partial charge in [0.25, 0.3) is 5.91 Å². The first-order valence-corrected chi connectivity index (χ1v) is 9.87. The molecular formula is C22H16F2N4O2S. The zero-order chi connectivity index (χ0) is 22.5. The maximum absolute atomic E-state index is 14.2. The average Bonchev–Trinajstić information content (AvgIpc) is 3.15. The van der Waals surface area contributed by atoms with Crippen LogP contribution in [0.2, 0.25) is 0 Å². The Morgan fingerprint density at radius 1 is 1.23 bits per heavy atom. The molecule has 1 aromatic heterocycles. The molecule has 0 aliphatic heterocycles. The number of benzene rings is 2. The highest BCUT2D eigenvalue weighted by Gasteiger charge is 2.22. The number of thiazole rings is 1. The maximum Gasteiger partial charge on any atom is 0.266 e. The summed E-state index contributed by atoms with van der Waals surface area (Å²) in [6.07, 6.45) is 1.27. The number of aryl methyl sites for hydroxylation is 1. The smallest absolute Gasteiger partial charge is 0.266 e. The van der Waals surface area contributed by atoms with Gasteiger partial charge in [0.2, 0.25) is 5.91 Å². The summed E-state index contributed by atoms with van der Waals surface area (Å²) in [6.45, 7) is 3.09. The van der Waals surface area contributed by atoms with Gasteiger partial charge in [-0.2, -0.15) is 5.26 Å². The normalized spacial score (nSPS) is 11.0. The van der Waals surface area contributed by atoms with E-state index in [-0.39, 0.29) is 22.1 Å². The number of rotatable bonds is 5. The summed E-state index contributed by atoms with van der Waals surface area (Å²) in [5, 5.41) is 13.6. The van der Waals surface area contributed by atoms with Crippen LogP contribution in [0.25, 0.3) is 6.08 Å². The van der Waals surface area contributed by atoms with Gasteiger partial charge in [0.15, 0.2) is 5.13 Å². The van der Waals surface area contributed by atoms with Crippen LogP contribution in [-0.4, -0.2) is 16.8 Å². The van der Waals surface area contributed by atoms with Crippen molar-refractivity contribution in [1.82, 2.24) is 4.98 Å². The van der Waals surface area contributed by atoms with Crippen molar-refractivity contribution in [2.45, 2.75) is 13.8 Å². The van der Waals surface area contributed by atoms with Gasteiger partial charge in [-0.15, -0.1) is 11.3 Å². The Kier molecular flexibility index (Phi) is 6.52. The van der Waals surface area contributed by atoms with E-state index in [9.17, 15) is 23.6 Å². The molecule has 1 heterocycles. The van der Waals surface area contributed by atoms with Gasteiger partial charge in [0, 0.05) is 24.1 Å². The number of halogens is 2. The van der Waals surface area contributed by atoms with Crippen molar-refractivity contribution < 1.29 is 18.4 Å². The van der Waals surface area contributed by atoms with Gasteiger partial charge < -0.3 is 5.32 Å². The van der Waals surface area contributed by atoms with Crippen LogP contribution in [0.3, 0.4) is 0 Å². The molecule has 0 bridgehead atoms. The number of amides is 2. The monoisotopic (exact) mass is 438 g/mol. The van der Waals surface area contributed by atoms with E-state index in [1.807, 2.05) is 19.1 Å². The summed E-state index contributed by atoms with van der Waals surface area (Å²) < 4.78 is 27.4. The summed E-state index contributed by atoms with van der Waals surface area (Å²) in [5.74, 6) is -2.84. The fourth-order valence-electron chi connectivity index (χ4n) is 2.73. The lowest BCUT2D eigenvalue weighted by atomic mass is 10.2. The predicted molar refractivity (Wildman–Crippen MR) is 115 cm³/mol. The first kappa shape index (κ1) is 21.8. The van der Waals surface area contributed by atoms with Crippen LogP contribution in [0, 0.1) is 29.9 Å². The number of nitriles is 1. The van der Waals surface area contributed by atoms with Crippen LogP contribution >= 0.6 is 11.3 Å². The second-order valence-corrected chi connectivity index (χ2v) is 7.34. The standard InChI is InChI=1S/C22H16F2N4O2S/c1-13-4-3-5-17(8-13)26-21(30)15(11-25)9-18-12-31-22(27-18)28(14(2)29)20-7-6-16(23)10-19(20)24/h3-10,12H,1-2H3,(H,26,30)/b15-9+. The molecule has 2 amide bonds. The van der Waals surface area contributed by atoms with E-state index in [0.29, 0.717) is 11.8 Å². The predicted octanol–water partition coefficient (Wildman–Crippen LogP) is 4.96. The molecule has 0 saturated heterocycles. The molecular weight excluding hydrogens is 422 g/mol. The van der Waals surface area contributed by atoms with E-state index in [2.05, 4.69) is 10.3 Å². The number of aromatic nitrogens is 1. The van der Waals surface area contributed by atoms with E-state index in [1.165, 1.54) is 18.4 Å². The highest BCUT2D eigenvalue weighted by Crippen LogP contribution is 2.31. The van der Waals surface area contributed by atoms with E-state index in [0.717, 1.165) is 33.9 Å². The van der Waals surface area contributed by atoms with Gasteiger partial charge in [-0.05, 0) is 42.8 Å². The van der Waals surface area contributed by atoms with Crippen LogP contribution < -0.4 is 10.2 Å². The van der Waals surface area contributed by atoms with Crippen molar-refractivity contribution in [3.05, 3.63) is 76.3 Å². The van der Waals surface area contributed by atoms with E-state index in [1.54, 1.807) is 18.2 Å². The fraction of sp³-hybridized carbons (Fsp3) is 0.0909. The van der Waals surface area contributed by atoms with Crippen molar-refractivity contribution in [2.24, 2.45) is 0 Å². The largest absolute Gasteiger partial charge is 0.321 e. The Balaban J connectivity index is 1.88. The lowest BCUT2D eigenvalue weighted by Crippen LogP contribution is -2.23. The molecule has 2 aromatic carbocycles. The molecule has 0 aliphatic carbocycles. The second kappa shape index (κ2) is 9.28. The van der Waals surface area contributed by atoms with Gasteiger partial charge in [0.05, 0.1) is 11.4 Å². The SMILES string of the molecule is CC(=O)N(c1nc(/C=C(\C#N)C(=O)Nc2cccc(C)c2)cs1)c1ccc(F)cc1F. The molecule has 0 saturated carbocycles. The zero-order valence-corrected chi connectivity index (χ0v) is 17.3. The lowest BCUT2D eigenvalue weighted by Gasteiger charge is -2.18. The summed E-state index contributed by atoms with van der Waals surface area (Å²) in [7, 11) is 0. The van der Waals surface area contributed by atoms with Crippen LogP contribution in [0.1, 0.15) is 18.2 Å². The number of carbonyl (C=O) groups excluding carboxylic acids is 2. The maximum atomic E-state index is 14.2. The van der Waals surface area contributed by atoms with Crippen molar-refractivity contribution in [2.75, 3.05) is 10.2 Å². The minimum Gasteiger partial charge on any atom is -0.321 e. The number of anilines is 3. The first-order chi connectivity index (χ1) is 14.8. The van der Waals surface area contributed by atoms with Crippen molar-refractivity contribution >= 4 is 45.7 Å². The van der Waals surface area contributed by atoms with Crippen molar-refractivity contribution in [3.63, 3.8) is 0 Å². The Morgan fingerprint density at radius 3 is 2.65 bits per heavy atom. The van der Waals surface area contributed by atoms with Gasteiger partial charge in [-0.1, -0.05) is 12.1 Å². The second-order valence-electron chi connectivity index (χ2n) is 6.50. The van der Waals surface area contributed by atoms with Gasteiger partial charge in [-0.25, -0.2) is 13.8 Å². The third-order valence-electron chi connectivity index (χ3n) is 4.10. The first-order valence-electron chi connectivity index (χ1n) is 8.99. The number of hydrogen-bond acceptors (Lipinski definition) is 5. The molecule has 0 spiro atoms. The molecule has 3 aromatic rings. The lowest BCUT2D eigenvalue weighted by molar-refractivity contribution is -0.116. The summed E-state index contributed by atoms with van der Waals surface area (Å²) in [6, 6.07) is 11.8. The summed E-state index contributed by atoms with van der Waals surface area (Å²) >= 11 is 1.01. The van der Waals surface area contributed by atoms with Crippen LogP contribution in [0.15, 0.2) is 53.4 Å². The Morgan fingerprint density at radius 2 is 2.00 bits per heavy atom. The Hall–Kier alpha value is -3.90. The van der Waals surface area contributed by atoms with Gasteiger partial charge in [0.1, 0.15) is 23.3 Å². The summed E-state index contributed by atoms with van der Waals surface area (Å²) in [5.41, 5.74) is 1.38. The molecule has 0 atom stereocenters. The molecule has 3 rings (SSSR count). The Bertz CT molecular complexity index is 1230. The minimum absolute atomic E-state index is 0.112. The molecule has 31 heavy (non-hydrogen) atoms. The molecule has 0 aliphatic rings. The van der Waals surface area contributed by atoms with Crippen LogP contribution in [-0.2, 0) is 9.59 Å². The topological polar surface area (TPSA) is 86.1 Å². The zero-order valence-electron chi connectivity index (χ0n) is 16.5. The van der Waals surface area contributed by atoms with Crippen LogP contribution in [0.4, 0.5) is 25.3 Å². The highest BCUT2D eigenvalue weighted by molar-refractivity contribution is 7.14. The molecule has 156 valence electrons.